The van der Waals surface area contributed by atoms with Crippen LogP contribution in [0.5, 0.6) is 0 Å². The van der Waals surface area contributed by atoms with Crippen LogP contribution in [0.1, 0.15) is 40.5 Å². The van der Waals surface area contributed by atoms with Gasteiger partial charge in [0.15, 0.2) is 6.10 Å². The molecule has 7 nitrogen and oxygen atoms in total. The molecule has 1 aliphatic heterocycles. The predicted molar refractivity (Wildman–Crippen MR) is 173 cm³/mol. The molecule has 4 atom stereocenters. The Balaban J connectivity index is 1.32. The van der Waals surface area contributed by atoms with Crippen molar-refractivity contribution in [3.05, 3.63) is 106 Å². The number of rotatable bonds is 8. The molecule has 1 fully saturated rings. The largest absolute Gasteiger partial charge is 0.450 e. The van der Waals surface area contributed by atoms with Gasteiger partial charge in [-0.05, 0) is 73.0 Å². The average molecular weight is 690 g/mol. The summed E-state index contributed by atoms with van der Waals surface area (Å²) in [5, 5.41) is 0.507. The number of alkyl halides is 1. The Morgan fingerprint density at radius 2 is 1.78 bits per heavy atom. The molecule has 1 aliphatic carbocycles. The fraction of sp³-hybridized carbons (Fsp3) is 0.229. The maximum atomic E-state index is 13.7. The molecule has 4 unspecified atom stereocenters. The number of aromatic nitrogens is 1. The van der Waals surface area contributed by atoms with Gasteiger partial charge in [0.05, 0.1) is 34.3 Å². The minimum absolute atomic E-state index is 0.0143. The lowest BCUT2D eigenvalue weighted by Crippen LogP contribution is -2.31. The van der Waals surface area contributed by atoms with E-state index in [-0.39, 0.29) is 53.0 Å². The van der Waals surface area contributed by atoms with E-state index in [0.29, 0.717) is 38.7 Å². The van der Waals surface area contributed by atoms with Crippen molar-refractivity contribution in [3.8, 4) is 11.3 Å². The number of hydrogen-bond acceptors (Lipinski definition) is 6. The van der Waals surface area contributed by atoms with Gasteiger partial charge >= 0.3 is 5.97 Å². The van der Waals surface area contributed by atoms with Crippen molar-refractivity contribution < 1.29 is 28.3 Å². The zero-order valence-electron chi connectivity index (χ0n) is 24.1. The number of halogens is 3. The highest BCUT2D eigenvalue weighted by Gasteiger charge is 2.50. The lowest BCUT2D eigenvalue weighted by Gasteiger charge is -2.22. The molecule has 45 heavy (non-hydrogen) atoms. The highest BCUT2D eigenvalue weighted by Crippen LogP contribution is 2.41. The molecule has 0 spiro atoms. The number of ketones is 1. The van der Waals surface area contributed by atoms with Crippen molar-refractivity contribution in [3.63, 3.8) is 0 Å². The number of ether oxygens (including phenoxy) is 1. The van der Waals surface area contributed by atoms with Crippen LogP contribution in [0, 0.1) is 23.6 Å². The Bertz CT molecular complexity index is 1860. The topological polar surface area (TPSA) is 93.6 Å². The molecule has 1 aromatic heterocycles. The quantitative estimate of drug-likeness (QED) is 0.0624. The molecule has 4 aromatic rings. The summed E-state index contributed by atoms with van der Waals surface area (Å²) in [6.07, 6.45) is 3.38. The van der Waals surface area contributed by atoms with Crippen molar-refractivity contribution >= 4 is 67.7 Å². The van der Waals surface area contributed by atoms with Crippen LogP contribution >= 0.6 is 27.5 Å². The van der Waals surface area contributed by atoms with Crippen LogP contribution < -0.4 is 4.90 Å². The van der Waals surface area contributed by atoms with Gasteiger partial charge < -0.3 is 4.74 Å². The first-order valence-electron chi connectivity index (χ1n) is 14.5. The fourth-order valence-electron chi connectivity index (χ4n) is 6.03. The Kier molecular flexibility index (Phi) is 8.66. The molecule has 2 amide bonds. The Morgan fingerprint density at radius 1 is 1.04 bits per heavy atom. The molecule has 2 aliphatic rings. The number of nitrogens with zero attached hydrogens (tertiary/aromatic N) is 2. The van der Waals surface area contributed by atoms with E-state index in [1.165, 1.54) is 29.2 Å². The van der Waals surface area contributed by atoms with E-state index in [1.807, 2.05) is 19.1 Å². The molecule has 0 bridgehead atoms. The molecule has 3 aromatic carbocycles. The van der Waals surface area contributed by atoms with Crippen LogP contribution in [-0.4, -0.2) is 40.5 Å². The molecule has 228 valence electrons. The maximum Gasteiger partial charge on any atom is 0.339 e. The van der Waals surface area contributed by atoms with E-state index in [2.05, 4.69) is 15.9 Å². The molecular formula is C35H27BrClFN2O5. The molecule has 6 rings (SSSR count). The predicted octanol–water partition coefficient (Wildman–Crippen LogP) is 7.54. The van der Waals surface area contributed by atoms with Crippen molar-refractivity contribution in [1.82, 2.24) is 4.98 Å². The molecule has 2 heterocycles. The molecular weight excluding hydrogens is 663 g/mol. The third-order valence-corrected chi connectivity index (χ3v) is 9.04. The third-order valence-electron chi connectivity index (χ3n) is 8.33. The number of esters is 1. The normalized spacial score (nSPS) is 19.9. The smallest absolute Gasteiger partial charge is 0.339 e. The van der Waals surface area contributed by atoms with E-state index in [4.69, 9.17) is 21.3 Å². The zero-order chi connectivity index (χ0) is 31.8. The minimum atomic E-state index is -1.18. The van der Waals surface area contributed by atoms with Crippen LogP contribution in [0.3, 0.4) is 0 Å². The average Bonchev–Trinajstić information content (AvgIpc) is 3.30. The number of anilines is 1. The number of hydrogen-bond donors (Lipinski definition) is 0. The zero-order valence-corrected chi connectivity index (χ0v) is 26.4. The summed E-state index contributed by atoms with van der Waals surface area (Å²) in [4.78, 5) is 59.3. The number of Topliss-reactive ketones (excluding diaryl/α,β-unsaturated/α-hetero) is 1. The van der Waals surface area contributed by atoms with Crippen LogP contribution in [0.4, 0.5) is 10.1 Å². The summed E-state index contributed by atoms with van der Waals surface area (Å²) in [6, 6.07) is 18.8. The van der Waals surface area contributed by atoms with Crippen LogP contribution in [0.25, 0.3) is 22.2 Å². The van der Waals surface area contributed by atoms with E-state index in [1.54, 1.807) is 48.5 Å². The van der Waals surface area contributed by atoms with Gasteiger partial charge in [0, 0.05) is 33.3 Å². The van der Waals surface area contributed by atoms with Crippen molar-refractivity contribution in [2.75, 3.05) is 10.8 Å². The monoisotopic (exact) mass is 688 g/mol. The third kappa shape index (κ3) is 5.94. The first kappa shape index (κ1) is 30.8. The van der Waals surface area contributed by atoms with Crippen LogP contribution in [0.15, 0.2) is 89.4 Å². The summed E-state index contributed by atoms with van der Waals surface area (Å²) >= 11 is 9.40. The number of carbonyl (C=O) groups excluding carboxylic acids is 4. The van der Waals surface area contributed by atoms with Crippen molar-refractivity contribution in [2.24, 2.45) is 17.8 Å². The highest BCUT2D eigenvalue weighted by atomic mass is 79.9. The first-order chi connectivity index (χ1) is 21.7. The fourth-order valence-corrected chi connectivity index (χ4v) is 6.59. The molecule has 10 heteroatoms. The minimum Gasteiger partial charge on any atom is -0.450 e. The number of carbonyl (C=O) groups is 4. The van der Waals surface area contributed by atoms with E-state index in [0.717, 1.165) is 0 Å². The Morgan fingerprint density at radius 3 is 2.47 bits per heavy atom. The van der Waals surface area contributed by atoms with Crippen molar-refractivity contribution in [1.29, 1.82) is 0 Å². The van der Waals surface area contributed by atoms with Crippen LogP contribution in [0.2, 0.25) is 0 Å². The number of pyridine rings is 1. The second-order valence-corrected chi connectivity index (χ2v) is 12.5. The number of fused-ring (bicyclic) bond motifs is 2. The standard InChI is InChI=1S/C35H27BrClFN2O5/c1-19-3-2-4-25-31(19)34(43)40(33(25)42)24-12-7-20(8-13-24)29-18-27(26-17-22(36)9-14-28(26)39-29)35(44)45-30(15-16-37)32(41)21-5-10-23(38)11-6-21/h2-3,5-14,17-19,25,30-31H,4,15-16H2,1H3. The lowest BCUT2D eigenvalue weighted by atomic mass is 9.78. The number of allylic oxidation sites excluding steroid dienone is 2. The maximum absolute atomic E-state index is 13.7. The number of benzene rings is 3. The molecule has 0 radical (unpaired) electrons. The van der Waals surface area contributed by atoms with Gasteiger partial charge in [-0.2, -0.15) is 0 Å². The van der Waals surface area contributed by atoms with E-state index >= 15 is 0 Å². The Hall–Kier alpha value is -4.21. The van der Waals surface area contributed by atoms with Crippen LogP contribution in [-0.2, 0) is 14.3 Å². The lowest BCUT2D eigenvalue weighted by molar-refractivity contribution is -0.122. The first-order valence-corrected chi connectivity index (χ1v) is 15.8. The molecule has 0 saturated carbocycles. The SMILES string of the molecule is CC1C=CCC2C(=O)N(c3ccc(-c4cc(C(=O)OC(CCCl)C(=O)c5ccc(F)cc5)c5cc(Br)ccc5n4)cc3)C(=O)C12. The summed E-state index contributed by atoms with van der Waals surface area (Å²) < 4.78 is 19.9. The van der Waals surface area contributed by atoms with E-state index in [9.17, 15) is 23.6 Å². The van der Waals surface area contributed by atoms with Gasteiger partial charge in [0.25, 0.3) is 0 Å². The summed E-state index contributed by atoms with van der Waals surface area (Å²) in [7, 11) is 0. The van der Waals surface area contributed by atoms with Gasteiger partial charge in [-0.1, -0.05) is 47.1 Å². The van der Waals surface area contributed by atoms with Gasteiger partial charge in [-0.3, -0.25) is 19.3 Å². The Labute approximate surface area is 272 Å². The second kappa shape index (κ2) is 12.7. The molecule has 1 saturated heterocycles. The van der Waals surface area contributed by atoms with Gasteiger partial charge in [0.2, 0.25) is 17.6 Å². The number of imide groups is 1. The van der Waals surface area contributed by atoms with Gasteiger partial charge in [-0.15, -0.1) is 11.6 Å². The van der Waals surface area contributed by atoms with Gasteiger partial charge in [0.1, 0.15) is 5.82 Å². The van der Waals surface area contributed by atoms with E-state index < -0.39 is 23.7 Å². The molecule has 0 N–H and O–H groups in total. The van der Waals surface area contributed by atoms with Gasteiger partial charge in [-0.25, -0.2) is 14.2 Å². The summed E-state index contributed by atoms with van der Waals surface area (Å²) in [5.41, 5.74) is 2.46. The van der Waals surface area contributed by atoms with Crippen molar-refractivity contribution in [2.45, 2.75) is 25.9 Å². The summed E-state index contributed by atoms with van der Waals surface area (Å²) in [5.74, 6) is -2.80. The highest BCUT2D eigenvalue weighted by molar-refractivity contribution is 9.10. The number of amides is 2. The second-order valence-electron chi connectivity index (χ2n) is 11.2. The summed E-state index contributed by atoms with van der Waals surface area (Å²) in [6.45, 7) is 1.95.